The Morgan fingerprint density at radius 1 is 1.43 bits per heavy atom. The van der Waals surface area contributed by atoms with Crippen molar-refractivity contribution in [2.45, 2.75) is 43.5 Å². The maximum Gasteiger partial charge on any atom is 0.242 e. The third-order valence-electron chi connectivity index (χ3n) is 2.96. The van der Waals surface area contributed by atoms with Crippen LogP contribution in [-0.2, 0) is 14.8 Å². The molecule has 0 aliphatic heterocycles. The van der Waals surface area contributed by atoms with Crippen molar-refractivity contribution in [3.8, 4) is 0 Å². The van der Waals surface area contributed by atoms with Crippen LogP contribution in [-0.4, -0.2) is 20.4 Å². The van der Waals surface area contributed by atoms with E-state index in [-0.39, 0.29) is 34.0 Å². The number of halogens is 2. The summed E-state index contributed by atoms with van der Waals surface area (Å²) in [6.45, 7) is 1.81. The second-order valence-corrected chi connectivity index (χ2v) is 7.05. The van der Waals surface area contributed by atoms with E-state index in [9.17, 15) is 17.6 Å². The van der Waals surface area contributed by atoms with Crippen molar-refractivity contribution in [2.24, 2.45) is 0 Å². The van der Waals surface area contributed by atoms with Crippen molar-refractivity contribution < 1.29 is 17.6 Å². The van der Waals surface area contributed by atoms with Gasteiger partial charge in [0, 0.05) is 12.5 Å². The standard InChI is InChI=1S/C13H16ClFN2O3S/c1-2-3-13(18)16-11-7-12(9(14)6-10(11)15)21(19,20)17-8-4-5-8/h6-8,17H,2-5H2,1H3,(H,16,18). The third kappa shape index (κ3) is 4.15. The zero-order valence-corrected chi connectivity index (χ0v) is 13.0. The van der Waals surface area contributed by atoms with Gasteiger partial charge in [0.05, 0.1) is 10.7 Å². The molecule has 116 valence electrons. The summed E-state index contributed by atoms with van der Waals surface area (Å²) >= 11 is 5.82. The molecule has 1 aliphatic carbocycles. The van der Waals surface area contributed by atoms with Gasteiger partial charge in [0.25, 0.3) is 0 Å². The van der Waals surface area contributed by atoms with Gasteiger partial charge in [0.15, 0.2) is 0 Å². The summed E-state index contributed by atoms with van der Waals surface area (Å²) in [6.07, 6.45) is 2.39. The lowest BCUT2D eigenvalue weighted by molar-refractivity contribution is -0.116. The molecule has 0 heterocycles. The van der Waals surface area contributed by atoms with Crippen molar-refractivity contribution in [1.82, 2.24) is 4.72 Å². The highest BCUT2D eigenvalue weighted by Gasteiger charge is 2.30. The zero-order valence-electron chi connectivity index (χ0n) is 11.4. The molecular weight excluding hydrogens is 319 g/mol. The SMILES string of the molecule is CCCC(=O)Nc1cc(S(=O)(=O)NC2CC2)c(Cl)cc1F. The smallest absolute Gasteiger partial charge is 0.242 e. The van der Waals surface area contributed by atoms with Crippen LogP contribution in [0.15, 0.2) is 17.0 Å². The van der Waals surface area contributed by atoms with E-state index in [1.165, 1.54) is 0 Å². The summed E-state index contributed by atoms with van der Waals surface area (Å²) in [5.74, 6) is -1.15. The minimum absolute atomic E-state index is 0.0887. The first kappa shape index (κ1) is 16.2. The monoisotopic (exact) mass is 334 g/mol. The third-order valence-corrected chi connectivity index (χ3v) is 4.95. The lowest BCUT2D eigenvalue weighted by Crippen LogP contribution is -2.26. The molecule has 8 heteroatoms. The van der Waals surface area contributed by atoms with Gasteiger partial charge in [-0.25, -0.2) is 17.5 Å². The highest BCUT2D eigenvalue weighted by molar-refractivity contribution is 7.89. The fraction of sp³-hybridized carbons (Fsp3) is 0.462. The average molecular weight is 335 g/mol. The average Bonchev–Trinajstić information content (AvgIpc) is 3.15. The predicted molar refractivity (Wildman–Crippen MR) is 78.3 cm³/mol. The second kappa shape index (κ2) is 6.29. The maximum atomic E-state index is 13.8. The van der Waals surface area contributed by atoms with Crippen molar-refractivity contribution in [2.75, 3.05) is 5.32 Å². The Morgan fingerprint density at radius 2 is 2.10 bits per heavy atom. The van der Waals surface area contributed by atoms with E-state index in [4.69, 9.17) is 11.6 Å². The first-order chi connectivity index (χ1) is 9.83. The minimum Gasteiger partial charge on any atom is -0.324 e. The summed E-state index contributed by atoms with van der Waals surface area (Å²) < 4.78 is 40.5. The van der Waals surface area contributed by atoms with Crippen LogP contribution >= 0.6 is 11.6 Å². The number of carbonyl (C=O) groups is 1. The Labute approximate surface area is 127 Å². The molecule has 1 aromatic rings. The van der Waals surface area contributed by atoms with Crippen LogP contribution in [0, 0.1) is 5.82 Å². The normalized spacial score (nSPS) is 15.0. The van der Waals surface area contributed by atoms with Gasteiger partial charge in [0.2, 0.25) is 15.9 Å². The molecule has 21 heavy (non-hydrogen) atoms. The maximum absolute atomic E-state index is 13.8. The quantitative estimate of drug-likeness (QED) is 0.839. The predicted octanol–water partition coefficient (Wildman–Crippen LogP) is 2.66. The van der Waals surface area contributed by atoms with E-state index < -0.39 is 15.8 Å². The lowest BCUT2D eigenvalue weighted by Gasteiger charge is -2.11. The Bertz CT molecular complexity index is 660. The fourth-order valence-electron chi connectivity index (χ4n) is 1.75. The summed E-state index contributed by atoms with van der Waals surface area (Å²) in [5, 5.41) is 2.14. The van der Waals surface area contributed by atoms with Gasteiger partial charge >= 0.3 is 0 Å². The van der Waals surface area contributed by atoms with Crippen LogP contribution in [0.4, 0.5) is 10.1 Å². The first-order valence-corrected chi connectivity index (χ1v) is 8.51. The van der Waals surface area contributed by atoms with E-state index in [1.807, 2.05) is 6.92 Å². The van der Waals surface area contributed by atoms with Crippen LogP contribution < -0.4 is 10.0 Å². The van der Waals surface area contributed by atoms with Crippen molar-refractivity contribution >= 4 is 33.2 Å². The molecule has 0 bridgehead atoms. The number of anilines is 1. The second-order valence-electron chi connectivity index (χ2n) is 4.96. The van der Waals surface area contributed by atoms with Crippen molar-refractivity contribution in [3.05, 3.63) is 23.0 Å². The molecule has 5 nitrogen and oxygen atoms in total. The van der Waals surface area contributed by atoms with Crippen molar-refractivity contribution in [3.63, 3.8) is 0 Å². The van der Waals surface area contributed by atoms with Crippen LogP contribution in [0.25, 0.3) is 0 Å². The lowest BCUT2D eigenvalue weighted by atomic mass is 10.2. The molecule has 1 saturated carbocycles. The number of carbonyl (C=O) groups excluding carboxylic acids is 1. The van der Waals surface area contributed by atoms with Gasteiger partial charge < -0.3 is 5.32 Å². The summed E-state index contributed by atoms with van der Waals surface area (Å²) in [7, 11) is -3.81. The Balaban J connectivity index is 2.31. The Hall–Kier alpha value is -1.18. The number of hydrogen-bond acceptors (Lipinski definition) is 3. The van der Waals surface area contributed by atoms with E-state index >= 15 is 0 Å². The molecule has 1 amide bonds. The summed E-state index contributed by atoms with van der Waals surface area (Å²) in [5.41, 5.74) is -0.186. The van der Waals surface area contributed by atoms with Gasteiger partial charge in [-0.2, -0.15) is 0 Å². The van der Waals surface area contributed by atoms with Gasteiger partial charge in [-0.15, -0.1) is 0 Å². The molecule has 1 fully saturated rings. The van der Waals surface area contributed by atoms with Crippen LogP contribution in [0.1, 0.15) is 32.6 Å². The molecule has 1 aliphatic rings. The number of hydrogen-bond donors (Lipinski definition) is 2. The molecule has 1 aromatic carbocycles. The van der Waals surface area contributed by atoms with Crippen LogP contribution in [0.5, 0.6) is 0 Å². The molecule has 0 aromatic heterocycles. The zero-order chi connectivity index (χ0) is 15.6. The Morgan fingerprint density at radius 3 is 2.67 bits per heavy atom. The highest BCUT2D eigenvalue weighted by atomic mass is 35.5. The topological polar surface area (TPSA) is 75.3 Å². The van der Waals surface area contributed by atoms with E-state index in [0.29, 0.717) is 6.42 Å². The van der Waals surface area contributed by atoms with Gasteiger partial charge in [-0.3, -0.25) is 4.79 Å². The first-order valence-electron chi connectivity index (χ1n) is 6.64. The molecule has 2 rings (SSSR count). The molecule has 0 unspecified atom stereocenters. The number of amides is 1. The van der Waals surface area contributed by atoms with Crippen LogP contribution in [0.3, 0.4) is 0 Å². The van der Waals surface area contributed by atoms with E-state index in [1.54, 1.807) is 0 Å². The van der Waals surface area contributed by atoms with Gasteiger partial charge in [-0.05, 0) is 31.4 Å². The van der Waals surface area contributed by atoms with Crippen molar-refractivity contribution in [1.29, 1.82) is 0 Å². The fourth-order valence-corrected chi connectivity index (χ4v) is 3.60. The highest BCUT2D eigenvalue weighted by Crippen LogP contribution is 2.30. The molecular formula is C13H16ClFN2O3S. The van der Waals surface area contributed by atoms with Crippen LogP contribution in [0.2, 0.25) is 5.02 Å². The van der Waals surface area contributed by atoms with E-state index in [0.717, 1.165) is 25.0 Å². The molecule has 0 radical (unpaired) electrons. The molecule has 0 atom stereocenters. The summed E-state index contributed by atoms with van der Waals surface area (Å²) in [6, 6.07) is 1.86. The minimum atomic E-state index is -3.81. The number of nitrogens with one attached hydrogen (secondary N) is 2. The Kier molecular flexibility index (Phi) is 4.85. The number of rotatable bonds is 6. The summed E-state index contributed by atoms with van der Waals surface area (Å²) in [4.78, 5) is 11.3. The molecule has 2 N–H and O–H groups in total. The molecule has 0 spiro atoms. The largest absolute Gasteiger partial charge is 0.324 e. The number of benzene rings is 1. The van der Waals surface area contributed by atoms with Gasteiger partial charge in [-0.1, -0.05) is 18.5 Å². The van der Waals surface area contributed by atoms with E-state index in [2.05, 4.69) is 10.0 Å². The van der Waals surface area contributed by atoms with Gasteiger partial charge in [0.1, 0.15) is 10.7 Å². The molecule has 0 saturated heterocycles. The number of sulfonamides is 1.